The van der Waals surface area contributed by atoms with Gasteiger partial charge in [-0.2, -0.15) is 0 Å². The van der Waals surface area contributed by atoms with Crippen LogP contribution in [-0.2, 0) is 0 Å². The molecule has 0 spiro atoms. The number of benzene rings is 1. The highest BCUT2D eigenvalue weighted by Crippen LogP contribution is 2.38. The molecule has 1 aromatic rings. The first-order valence-corrected chi connectivity index (χ1v) is 7.87. The zero-order valence-corrected chi connectivity index (χ0v) is 12.3. The van der Waals surface area contributed by atoms with Crippen molar-refractivity contribution in [3.63, 3.8) is 0 Å². The molecule has 0 amide bonds. The van der Waals surface area contributed by atoms with E-state index in [1.54, 1.807) is 6.07 Å². The summed E-state index contributed by atoms with van der Waals surface area (Å²) in [7, 11) is 0. The molecule has 20 heavy (non-hydrogen) atoms. The van der Waals surface area contributed by atoms with Crippen LogP contribution in [0.4, 0.5) is 4.39 Å². The summed E-state index contributed by atoms with van der Waals surface area (Å²) in [6.07, 6.45) is 4.21. The van der Waals surface area contributed by atoms with Gasteiger partial charge in [0, 0.05) is 31.2 Å². The molecule has 4 atom stereocenters. The zero-order chi connectivity index (χ0) is 14.1. The van der Waals surface area contributed by atoms with Gasteiger partial charge in [0.05, 0.1) is 0 Å². The Balaban J connectivity index is 1.59. The van der Waals surface area contributed by atoms with Crippen LogP contribution in [0.1, 0.15) is 37.8 Å². The molecule has 0 radical (unpaired) electrons. The largest absolute Gasteiger partial charge is 0.324 e. The molecular weight excluding hydrogens is 251 g/mol. The number of rotatable bonds is 4. The van der Waals surface area contributed by atoms with Crippen molar-refractivity contribution in [2.45, 2.75) is 32.2 Å². The Bertz CT molecular complexity index is 450. The molecule has 3 rings (SSSR count). The van der Waals surface area contributed by atoms with Crippen LogP contribution >= 0.6 is 0 Å². The normalized spacial score (nSPS) is 29.4. The molecule has 1 heterocycles. The van der Waals surface area contributed by atoms with E-state index in [1.807, 2.05) is 12.1 Å². The maximum atomic E-state index is 13.8. The smallest absolute Gasteiger partial charge is 0.127 e. The van der Waals surface area contributed by atoms with Crippen LogP contribution in [0.5, 0.6) is 0 Å². The fourth-order valence-corrected chi connectivity index (χ4v) is 4.05. The van der Waals surface area contributed by atoms with Crippen LogP contribution in [0.15, 0.2) is 24.3 Å². The van der Waals surface area contributed by atoms with Gasteiger partial charge in [-0.05, 0) is 36.7 Å². The molecule has 4 unspecified atom stereocenters. The summed E-state index contributed by atoms with van der Waals surface area (Å²) in [4.78, 5) is 2.54. The lowest BCUT2D eigenvalue weighted by Gasteiger charge is -2.26. The van der Waals surface area contributed by atoms with Gasteiger partial charge in [0.15, 0.2) is 0 Å². The molecule has 3 heteroatoms. The lowest BCUT2D eigenvalue weighted by Crippen LogP contribution is -2.33. The van der Waals surface area contributed by atoms with Gasteiger partial charge in [-0.1, -0.05) is 31.5 Å². The summed E-state index contributed by atoms with van der Waals surface area (Å²) in [6, 6.07) is 6.69. The SMILES string of the molecule is CC(CN1CC2CCCC2C1)C(N)c1ccccc1F. The number of nitrogens with two attached hydrogens (primary N) is 1. The molecular formula is C17H25FN2. The number of halogens is 1. The third-order valence-corrected chi connectivity index (χ3v) is 5.23. The molecule has 1 saturated carbocycles. The van der Waals surface area contributed by atoms with Crippen molar-refractivity contribution in [1.29, 1.82) is 0 Å². The molecule has 2 nitrogen and oxygen atoms in total. The third-order valence-electron chi connectivity index (χ3n) is 5.23. The summed E-state index contributed by atoms with van der Waals surface area (Å²) in [5, 5.41) is 0. The predicted molar refractivity (Wildman–Crippen MR) is 79.8 cm³/mol. The van der Waals surface area contributed by atoms with Gasteiger partial charge in [-0.15, -0.1) is 0 Å². The topological polar surface area (TPSA) is 29.3 Å². The molecule has 2 fully saturated rings. The van der Waals surface area contributed by atoms with Crippen LogP contribution in [0.2, 0.25) is 0 Å². The van der Waals surface area contributed by atoms with Crippen LogP contribution in [0.25, 0.3) is 0 Å². The molecule has 0 bridgehead atoms. The molecule has 2 aliphatic rings. The molecule has 110 valence electrons. The Morgan fingerprint density at radius 2 is 1.90 bits per heavy atom. The summed E-state index contributed by atoms with van der Waals surface area (Å²) in [5.74, 6) is 1.93. The first-order valence-electron chi connectivity index (χ1n) is 7.87. The lowest BCUT2D eigenvalue weighted by atomic mass is 9.94. The Labute approximate surface area is 121 Å². The maximum absolute atomic E-state index is 13.8. The number of fused-ring (bicyclic) bond motifs is 1. The first-order chi connectivity index (χ1) is 9.65. The number of likely N-dealkylation sites (tertiary alicyclic amines) is 1. The minimum absolute atomic E-state index is 0.176. The zero-order valence-electron chi connectivity index (χ0n) is 12.3. The molecule has 1 saturated heterocycles. The van der Waals surface area contributed by atoms with Gasteiger partial charge in [-0.3, -0.25) is 0 Å². The molecule has 1 aliphatic carbocycles. The van der Waals surface area contributed by atoms with E-state index in [0.29, 0.717) is 5.56 Å². The van der Waals surface area contributed by atoms with E-state index in [1.165, 1.54) is 38.4 Å². The monoisotopic (exact) mass is 276 g/mol. The second-order valence-electron chi connectivity index (χ2n) is 6.69. The fraction of sp³-hybridized carbons (Fsp3) is 0.647. The summed E-state index contributed by atoms with van der Waals surface area (Å²) < 4.78 is 13.8. The van der Waals surface area contributed by atoms with E-state index in [2.05, 4.69) is 11.8 Å². The summed E-state index contributed by atoms with van der Waals surface area (Å²) in [5.41, 5.74) is 6.92. The Morgan fingerprint density at radius 1 is 1.25 bits per heavy atom. The van der Waals surface area contributed by atoms with Crippen molar-refractivity contribution in [2.75, 3.05) is 19.6 Å². The second kappa shape index (κ2) is 5.82. The van der Waals surface area contributed by atoms with Crippen molar-refractivity contribution in [3.8, 4) is 0 Å². The number of hydrogen-bond acceptors (Lipinski definition) is 2. The van der Waals surface area contributed by atoms with E-state index in [9.17, 15) is 4.39 Å². The van der Waals surface area contributed by atoms with Crippen molar-refractivity contribution in [2.24, 2.45) is 23.5 Å². The molecule has 2 N–H and O–H groups in total. The van der Waals surface area contributed by atoms with Crippen molar-refractivity contribution in [3.05, 3.63) is 35.6 Å². The average molecular weight is 276 g/mol. The third kappa shape index (κ3) is 2.75. The standard InChI is InChI=1S/C17H25FN2/c1-12(17(19)15-7-2-3-8-16(15)18)9-20-10-13-5-4-6-14(13)11-20/h2-3,7-8,12-14,17H,4-6,9-11,19H2,1H3. The minimum atomic E-state index is -0.211. The summed E-state index contributed by atoms with van der Waals surface area (Å²) >= 11 is 0. The quantitative estimate of drug-likeness (QED) is 0.915. The van der Waals surface area contributed by atoms with Crippen LogP contribution in [0.3, 0.4) is 0 Å². The van der Waals surface area contributed by atoms with Gasteiger partial charge in [0.1, 0.15) is 5.82 Å². The number of nitrogens with zero attached hydrogens (tertiary/aromatic N) is 1. The van der Waals surface area contributed by atoms with E-state index < -0.39 is 0 Å². The number of hydrogen-bond donors (Lipinski definition) is 1. The van der Waals surface area contributed by atoms with Crippen molar-refractivity contribution in [1.82, 2.24) is 4.90 Å². The van der Waals surface area contributed by atoms with Gasteiger partial charge < -0.3 is 10.6 Å². The Kier molecular flexibility index (Phi) is 4.08. The van der Waals surface area contributed by atoms with Crippen LogP contribution in [0, 0.1) is 23.6 Å². The van der Waals surface area contributed by atoms with Gasteiger partial charge in [0.2, 0.25) is 0 Å². The Morgan fingerprint density at radius 3 is 2.55 bits per heavy atom. The van der Waals surface area contributed by atoms with Crippen LogP contribution < -0.4 is 5.73 Å². The van der Waals surface area contributed by atoms with E-state index >= 15 is 0 Å². The highest BCUT2D eigenvalue weighted by Gasteiger charge is 2.36. The maximum Gasteiger partial charge on any atom is 0.127 e. The minimum Gasteiger partial charge on any atom is -0.324 e. The van der Waals surface area contributed by atoms with E-state index in [0.717, 1.165) is 18.4 Å². The van der Waals surface area contributed by atoms with Gasteiger partial charge in [-0.25, -0.2) is 4.39 Å². The summed E-state index contributed by atoms with van der Waals surface area (Å²) in [6.45, 7) is 5.58. The Hall–Kier alpha value is -0.930. The van der Waals surface area contributed by atoms with Gasteiger partial charge >= 0.3 is 0 Å². The molecule has 0 aromatic heterocycles. The van der Waals surface area contributed by atoms with E-state index in [-0.39, 0.29) is 17.8 Å². The first kappa shape index (κ1) is 14.0. The second-order valence-corrected chi connectivity index (χ2v) is 6.69. The van der Waals surface area contributed by atoms with Crippen molar-refractivity contribution >= 4 is 0 Å². The fourth-order valence-electron chi connectivity index (χ4n) is 4.05. The molecule has 1 aliphatic heterocycles. The highest BCUT2D eigenvalue weighted by atomic mass is 19.1. The lowest BCUT2D eigenvalue weighted by molar-refractivity contribution is 0.247. The van der Waals surface area contributed by atoms with Crippen molar-refractivity contribution < 1.29 is 4.39 Å². The molecule has 1 aromatic carbocycles. The van der Waals surface area contributed by atoms with Gasteiger partial charge in [0.25, 0.3) is 0 Å². The average Bonchev–Trinajstić information content (AvgIpc) is 2.99. The van der Waals surface area contributed by atoms with E-state index in [4.69, 9.17) is 5.73 Å². The predicted octanol–water partition coefficient (Wildman–Crippen LogP) is 3.19. The highest BCUT2D eigenvalue weighted by molar-refractivity contribution is 5.21. The van der Waals surface area contributed by atoms with Crippen LogP contribution in [-0.4, -0.2) is 24.5 Å².